The number of aryl methyl sites for hydroxylation is 1. The maximum atomic E-state index is 5.73. The van der Waals surface area contributed by atoms with Gasteiger partial charge in [0.05, 0.1) is 24.4 Å². The molecule has 84 valence electrons. The maximum absolute atomic E-state index is 5.73. The van der Waals surface area contributed by atoms with Crippen molar-refractivity contribution in [2.45, 2.75) is 13.5 Å². The summed E-state index contributed by atoms with van der Waals surface area (Å²) >= 11 is 0. The van der Waals surface area contributed by atoms with Crippen LogP contribution in [0, 0.1) is 6.92 Å². The van der Waals surface area contributed by atoms with Gasteiger partial charge >= 0.3 is 0 Å². The van der Waals surface area contributed by atoms with Gasteiger partial charge in [0.25, 0.3) is 0 Å². The van der Waals surface area contributed by atoms with Crippen LogP contribution in [0.25, 0.3) is 0 Å². The minimum atomic E-state index is 0.723. The van der Waals surface area contributed by atoms with Crippen LogP contribution in [0.5, 0.6) is 0 Å². The van der Waals surface area contributed by atoms with Crippen LogP contribution < -0.4 is 10.6 Å². The summed E-state index contributed by atoms with van der Waals surface area (Å²) in [6, 6.07) is 3.93. The lowest BCUT2D eigenvalue weighted by molar-refractivity contribution is 0.563. The van der Waals surface area contributed by atoms with Gasteiger partial charge in [-0.05, 0) is 24.6 Å². The zero-order valence-electron chi connectivity index (χ0n) is 9.47. The summed E-state index contributed by atoms with van der Waals surface area (Å²) in [6.07, 6.45) is 5.10. The Morgan fingerprint density at radius 2 is 2.31 bits per heavy atom. The van der Waals surface area contributed by atoms with Crippen LogP contribution in [0.4, 0.5) is 11.5 Å². The summed E-state index contributed by atoms with van der Waals surface area (Å²) in [4.78, 5) is 6.34. The maximum Gasteiger partial charge on any atom is 0.128 e. The number of anilines is 2. The largest absolute Gasteiger partial charge is 0.472 e. The normalized spacial score (nSPS) is 10.4. The van der Waals surface area contributed by atoms with Gasteiger partial charge in [0.2, 0.25) is 0 Å². The van der Waals surface area contributed by atoms with Crippen LogP contribution in [0.15, 0.2) is 35.3 Å². The SMILES string of the molecule is Cc1cc(N(C)Cc2ccoc2)ncc1N. The summed E-state index contributed by atoms with van der Waals surface area (Å²) in [5, 5.41) is 0. The minimum absolute atomic E-state index is 0.723. The highest BCUT2D eigenvalue weighted by Crippen LogP contribution is 2.17. The predicted octanol–water partition coefficient (Wildman–Crippen LogP) is 2.20. The Bertz CT molecular complexity index is 465. The first kappa shape index (κ1) is 10.5. The third-order valence-corrected chi connectivity index (χ3v) is 2.53. The molecule has 2 aromatic rings. The van der Waals surface area contributed by atoms with E-state index in [1.807, 2.05) is 26.1 Å². The highest BCUT2D eigenvalue weighted by molar-refractivity contribution is 5.51. The van der Waals surface area contributed by atoms with Gasteiger partial charge in [0.1, 0.15) is 5.82 Å². The first-order valence-corrected chi connectivity index (χ1v) is 5.11. The average molecular weight is 217 g/mol. The average Bonchev–Trinajstić information content (AvgIpc) is 2.74. The molecule has 0 amide bonds. The van der Waals surface area contributed by atoms with Crippen molar-refractivity contribution in [2.75, 3.05) is 17.7 Å². The van der Waals surface area contributed by atoms with Gasteiger partial charge in [-0.25, -0.2) is 4.98 Å². The van der Waals surface area contributed by atoms with Crippen molar-refractivity contribution in [3.8, 4) is 0 Å². The molecule has 4 nitrogen and oxygen atoms in total. The molecule has 0 spiro atoms. The molecule has 2 heterocycles. The summed E-state index contributed by atoms with van der Waals surface area (Å²) in [5.74, 6) is 0.910. The second kappa shape index (κ2) is 4.26. The van der Waals surface area contributed by atoms with Gasteiger partial charge < -0.3 is 15.1 Å². The molecule has 0 aliphatic heterocycles. The summed E-state index contributed by atoms with van der Waals surface area (Å²) in [6.45, 7) is 2.75. The van der Waals surface area contributed by atoms with E-state index in [1.165, 1.54) is 0 Å². The fraction of sp³-hybridized carbons (Fsp3) is 0.250. The number of nitrogens with two attached hydrogens (primary N) is 1. The number of furan rings is 1. The molecule has 0 atom stereocenters. The van der Waals surface area contributed by atoms with Gasteiger partial charge in [-0.2, -0.15) is 0 Å². The molecular weight excluding hydrogens is 202 g/mol. The van der Waals surface area contributed by atoms with Crippen molar-refractivity contribution in [1.82, 2.24) is 4.98 Å². The highest BCUT2D eigenvalue weighted by atomic mass is 16.3. The van der Waals surface area contributed by atoms with E-state index in [-0.39, 0.29) is 0 Å². The Kier molecular flexibility index (Phi) is 2.81. The second-order valence-corrected chi connectivity index (χ2v) is 3.89. The molecule has 2 aromatic heterocycles. The van der Waals surface area contributed by atoms with E-state index < -0.39 is 0 Å². The zero-order valence-corrected chi connectivity index (χ0v) is 9.47. The monoisotopic (exact) mass is 217 g/mol. The van der Waals surface area contributed by atoms with Crippen LogP contribution in [0.3, 0.4) is 0 Å². The Balaban J connectivity index is 2.14. The van der Waals surface area contributed by atoms with Crippen molar-refractivity contribution in [3.63, 3.8) is 0 Å². The van der Waals surface area contributed by atoms with E-state index in [9.17, 15) is 0 Å². The molecule has 2 N–H and O–H groups in total. The van der Waals surface area contributed by atoms with Crippen molar-refractivity contribution in [3.05, 3.63) is 42.0 Å². The van der Waals surface area contributed by atoms with E-state index in [0.717, 1.165) is 29.2 Å². The van der Waals surface area contributed by atoms with Gasteiger partial charge in [0.15, 0.2) is 0 Å². The van der Waals surface area contributed by atoms with Crippen LogP contribution in [-0.2, 0) is 6.54 Å². The Morgan fingerprint density at radius 1 is 1.50 bits per heavy atom. The first-order valence-electron chi connectivity index (χ1n) is 5.11. The van der Waals surface area contributed by atoms with E-state index in [0.29, 0.717) is 0 Å². The van der Waals surface area contributed by atoms with Gasteiger partial charge in [0, 0.05) is 19.2 Å². The van der Waals surface area contributed by atoms with E-state index >= 15 is 0 Å². The van der Waals surface area contributed by atoms with Crippen LogP contribution in [0.1, 0.15) is 11.1 Å². The molecule has 0 radical (unpaired) electrons. The number of rotatable bonds is 3. The lowest BCUT2D eigenvalue weighted by atomic mass is 10.2. The van der Waals surface area contributed by atoms with Gasteiger partial charge in [-0.3, -0.25) is 0 Å². The van der Waals surface area contributed by atoms with Crippen molar-refractivity contribution in [2.24, 2.45) is 0 Å². The molecule has 2 rings (SSSR count). The summed E-state index contributed by atoms with van der Waals surface area (Å²) < 4.78 is 5.03. The fourth-order valence-corrected chi connectivity index (χ4v) is 1.50. The topological polar surface area (TPSA) is 55.3 Å². The first-order chi connectivity index (χ1) is 7.66. The smallest absolute Gasteiger partial charge is 0.128 e. The number of nitrogens with zero attached hydrogens (tertiary/aromatic N) is 2. The molecule has 0 aromatic carbocycles. The zero-order chi connectivity index (χ0) is 11.5. The second-order valence-electron chi connectivity index (χ2n) is 3.89. The van der Waals surface area contributed by atoms with E-state index in [1.54, 1.807) is 18.7 Å². The van der Waals surface area contributed by atoms with Crippen molar-refractivity contribution >= 4 is 11.5 Å². The van der Waals surface area contributed by atoms with Gasteiger partial charge in [-0.1, -0.05) is 0 Å². The molecule has 0 aliphatic carbocycles. The van der Waals surface area contributed by atoms with Gasteiger partial charge in [-0.15, -0.1) is 0 Å². The molecule has 16 heavy (non-hydrogen) atoms. The Labute approximate surface area is 94.7 Å². The lowest BCUT2D eigenvalue weighted by Crippen LogP contribution is -2.17. The quantitative estimate of drug-likeness (QED) is 0.856. The highest BCUT2D eigenvalue weighted by Gasteiger charge is 2.05. The minimum Gasteiger partial charge on any atom is -0.472 e. The number of hydrogen-bond acceptors (Lipinski definition) is 4. The van der Waals surface area contributed by atoms with Crippen LogP contribution in [0.2, 0.25) is 0 Å². The summed E-state index contributed by atoms with van der Waals surface area (Å²) in [7, 11) is 1.99. The molecule has 0 saturated carbocycles. The van der Waals surface area contributed by atoms with Crippen LogP contribution in [-0.4, -0.2) is 12.0 Å². The number of pyridine rings is 1. The molecular formula is C12H15N3O. The Hall–Kier alpha value is -1.97. The number of nitrogen functional groups attached to an aromatic ring is 1. The van der Waals surface area contributed by atoms with E-state index in [2.05, 4.69) is 9.88 Å². The van der Waals surface area contributed by atoms with E-state index in [4.69, 9.17) is 10.2 Å². The molecule has 0 aliphatic rings. The Morgan fingerprint density at radius 3 is 2.94 bits per heavy atom. The number of aromatic nitrogens is 1. The van der Waals surface area contributed by atoms with Crippen molar-refractivity contribution < 1.29 is 4.42 Å². The molecule has 0 fully saturated rings. The fourth-order valence-electron chi connectivity index (χ4n) is 1.50. The molecule has 0 saturated heterocycles. The van der Waals surface area contributed by atoms with Crippen LogP contribution >= 0.6 is 0 Å². The van der Waals surface area contributed by atoms with Crippen molar-refractivity contribution in [1.29, 1.82) is 0 Å². The lowest BCUT2D eigenvalue weighted by Gasteiger charge is -2.17. The third kappa shape index (κ3) is 2.16. The standard InChI is InChI=1S/C12H15N3O/c1-9-5-12(14-6-11(9)13)15(2)7-10-3-4-16-8-10/h3-6,8H,7,13H2,1-2H3. The molecule has 0 unspecified atom stereocenters. The molecule has 0 bridgehead atoms. The summed E-state index contributed by atoms with van der Waals surface area (Å²) in [5.41, 5.74) is 8.62. The number of hydrogen-bond donors (Lipinski definition) is 1. The molecule has 4 heteroatoms. The third-order valence-electron chi connectivity index (χ3n) is 2.53. The predicted molar refractivity (Wildman–Crippen MR) is 64.2 cm³/mol.